The lowest BCUT2D eigenvalue weighted by Crippen LogP contribution is -2.41. The summed E-state index contributed by atoms with van der Waals surface area (Å²) in [4.78, 5) is 11.6. The highest BCUT2D eigenvalue weighted by Gasteiger charge is 2.22. The summed E-state index contributed by atoms with van der Waals surface area (Å²) in [6.45, 7) is 9.95. The Morgan fingerprint density at radius 3 is 2.50 bits per heavy atom. The topological polar surface area (TPSA) is 49.3 Å². The van der Waals surface area contributed by atoms with Gasteiger partial charge in [-0.25, -0.2) is 0 Å². The fourth-order valence-corrected chi connectivity index (χ4v) is 1.76. The van der Waals surface area contributed by atoms with Crippen LogP contribution < -0.4 is 5.32 Å². The second kappa shape index (κ2) is 6.69. The first-order chi connectivity index (χ1) is 7.28. The second-order valence-electron chi connectivity index (χ2n) is 5.07. The molecule has 0 heterocycles. The van der Waals surface area contributed by atoms with Crippen LogP contribution >= 0.6 is 0 Å². The van der Waals surface area contributed by atoms with Crippen LogP contribution in [0.5, 0.6) is 0 Å². The van der Waals surface area contributed by atoms with Crippen LogP contribution in [0.1, 0.15) is 47.5 Å². The van der Waals surface area contributed by atoms with E-state index in [0.717, 1.165) is 6.42 Å². The van der Waals surface area contributed by atoms with Crippen molar-refractivity contribution < 1.29 is 9.90 Å². The molecule has 3 nitrogen and oxygen atoms in total. The van der Waals surface area contributed by atoms with Gasteiger partial charge in [-0.3, -0.25) is 4.79 Å². The van der Waals surface area contributed by atoms with E-state index < -0.39 is 5.60 Å². The van der Waals surface area contributed by atoms with E-state index >= 15 is 0 Å². The van der Waals surface area contributed by atoms with Crippen LogP contribution in [0.3, 0.4) is 0 Å². The van der Waals surface area contributed by atoms with E-state index in [4.69, 9.17) is 0 Å². The Bertz CT molecular complexity index is 255. The van der Waals surface area contributed by atoms with Gasteiger partial charge in [0.15, 0.2) is 0 Å². The van der Waals surface area contributed by atoms with Crippen LogP contribution in [-0.4, -0.2) is 23.2 Å². The molecule has 1 atom stereocenters. The number of aliphatic hydroxyl groups is 1. The minimum atomic E-state index is -0.823. The summed E-state index contributed by atoms with van der Waals surface area (Å²) in [5.74, 6) is 0.324. The van der Waals surface area contributed by atoms with Gasteiger partial charge in [0, 0.05) is 12.1 Å². The van der Waals surface area contributed by atoms with Crippen molar-refractivity contribution in [3.63, 3.8) is 0 Å². The molecule has 1 amide bonds. The Kier molecular flexibility index (Phi) is 6.34. The molecule has 0 rings (SSSR count). The average molecular weight is 227 g/mol. The van der Waals surface area contributed by atoms with Crippen molar-refractivity contribution >= 4 is 5.91 Å². The molecule has 0 aromatic heterocycles. The van der Waals surface area contributed by atoms with Crippen LogP contribution in [0, 0.1) is 5.92 Å². The third-order valence-corrected chi connectivity index (χ3v) is 2.35. The molecular weight excluding hydrogens is 202 g/mol. The number of hydrogen-bond donors (Lipinski definition) is 2. The van der Waals surface area contributed by atoms with Crippen molar-refractivity contribution in [2.24, 2.45) is 5.92 Å². The first-order valence-corrected chi connectivity index (χ1v) is 5.96. The van der Waals surface area contributed by atoms with Gasteiger partial charge in [-0.05, 0) is 32.6 Å². The standard InChI is InChI=1S/C13H25NO2/c1-6-7-11(4)12(15)14-9-13(5,16)8-10(2)3/h7,10,16H,6,8-9H2,1-5H3,(H,14,15). The molecule has 0 aromatic rings. The van der Waals surface area contributed by atoms with E-state index in [9.17, 15) is 9.90 Å². The molecule has 1 unspecified atom stereocenters. The number of carbonyl (C=O) groups is 1. The van der Waals surface area contributed by atoms with Crippen LogP contribution in [0.4, 0.5) is 0 Å². The summed E-state index contributed by atoms with van der Waals surface area (Å²) in [7, 11) is 0. The van der Waals surface area contributed by atoms with Crippen molar-refractivity contribution in [1.82, 2.24) is 5.32 Å². The summed E-state index contributed by atoms with van der Waals surface area (Å²) in [6, 6.07) is 0. The second-order valence-corrected chi connectivity index (χ2v) is 5.07. The Morgan fingerprint density at radius 2 is 2.06 bits per heavy atom. The molecule has 0 saturated heterocycles. The molecule has 94 valence electrons. The number of amides is 1. The van der Waals surface area contributed by atoms with E-state index in [1.165, 1.54) is 0 Å². The van der Waals surface area contributed by atoms with Gasteiger partial charge in [0.2, 0.25) is 5.91 Å². The normalized spacial score (nSPS) is 16.1. The fraction of sp³-hybridized carbons (Fsp3) is 0.769. The molecule has 0 aliphatic carbocycles. The first kappa shape index (κ1) is 15.2. The SMILES string of the molecule is CCC=C(C)C(=O)NCC(C)(O)CC(C)C. The van der Waals surface area contributed by atoms with Gasteiger partial charge >= 0.3 is 0 Å². The zero-order valence-corrected chi connectivity index (χ0v) is 11.1. The predicted molar refractivity (Wildman–Crippen MR) is 67.1 cm³/mol. The predicted octanol–water partition coefficient (Wildman–Crippen LogP) is 2.26. The summed E-state index contributed by atoms with van der Waals surface area (Å²) in [6.07, 6.45) is 3.41. The lowest BCUT2D eigenvalue weighted by atomic mass is 9.94. The minimum absolute atomic E-state index is 0.0918. The van der Waals surface area contributed by atoms with E-state index in [1.54, 1.807) is 13.8 Å². The minimum Gasteiger partial charge on any atom is -0.388 e. The largest absolute Gasteiger partial charge is 0.388 e. The van der Waals surface area contributed by atoms with Gasteiger partial charge in [0.1, 0.15) is 0 Å². The van der Waals surface area contributed by atoms with E-state index in [2.05, 4.69) is 19.2 Å². The van der Waals surface area contributed by atoms with E-state index in [1.807, 2.05) is 13.0 Å². The summed E-state index contributed by atoms with van der Waals surface area (Å²) < 4.78 is 0. The van der Waals surface area contributed by atoms with Crippen LogP contribution in [0.15, 0.2) is 11.6 Å². The zero-order chi connectivity index (χ0) is 12.8. The summed E-state index contributed by atoms with van der Waals surface area (Å²) in [5.41, 5.74) is -0.112. The Labute approximate surface area is 98.9 Å². The van der Waals surface area contributed by atoms with Crippen LogP contribution in [0.2, 0.25) is 0 Å². The molecule has 0 aromatic carbocycles. The maximum atomic E-state index is 11.6. The van der Waals surface area contributed by atoms with Crippen molar-refractivity contribution in [3.05, 3.63) is 11.6 Å². The lowest BCUT2D eigenvalue weighted by molar-refractivity contribution is -0.118. The van der Waals surface area contributed by atoms with Gasteiger partial charge in [-0.1, -0.05) is 26.8 Å². The summed E-state index contributed by atoms with van der Waals surface area (Å²) >= 11 is 0. The van der Waals surface area contributed by atoms with Crippen molar-refractivity contribution in [1.29, 1.82) is 0 Å². The molecular formula is C13H25NO2. The third kappa shape index (κ3) is 6.62. The van der Waals surface area contributed by atoms with Crippen LogP contribution in [0.25, 0.3) is 0 Å². The van der Waals surface area contributed by atoms with Gasteiger partial charge < -0.3 is 10.4 Å². The molecule has 0 saturated carbocycles. The Hall–Kier alpha value is -0.830. The van der Waals surface area contributed by atoms with Crippen molar-refractivity contribution in [2.75, 3.05) is 6.54 Å². The molecule has 0 aliphatic heterocycles. The molecule has 2 N–H and O–H groups in total. The molecule has 3 heteroatoms. The van der Waals surface area contributed by atoms with E-state index in [-0.39, 0.29) is 5.91 Å². The highest BCUT2D eigenvalue weighted by molar-refractivity contribution is 5.92. The maximum Gasteiger partial charge on any atom is 0.246 e. The van der Waals surface area contributed by atoms with Gasteiger partial charge in [-0.15, -0.1) is 0 Å². The Balaban J connectivity index is 4.14. The van der Waals surface area contributed by atoms with Gasteiger partial charge in [0.05, 0.1) is 5.60 Å². The quantitative estimate of drug-likeness (QED) is 0.684. The first-order valence-electron chi connectivity index (χ1n) is 5.96. The third-order valence-electron chi connectivity index (χ3n) is 2.35. The van der Waals surface area contributed by atoms with E-state index in [0.29, 0.717) is 24.5 Å². The molecule has 0 aliphatic rings. The molecule has 0 bridgehead atoms. The molecule has 0 spiro atoms. The average Bonchev–Trinajstić information content (AvgIpc) is 2.12. The van der Waals surface area contributed by atoms with Gasteiger partial charge in [0.25, 0.3) is 0 Å². The molecule has 0 radical (unpaired) electrons. The number of carbonyl (C=O) groups excluding carboxylic acids is 1. The monoisotopic (exact) mass is 227 g/mol. The maximum absolute atomic E-state index is 11.6. The fourth-order valence-electron chi connectivity index (χ4n) is 1.76. The van der Waals surface area contributed by atoms with Crippen molar-refractivity contribution in [2.45, 2.75) is 53.1 Å². The smallest absolute Gasteiger partial charge is 0.246 e. The summed E-state index contributed by atoms with van der Waals surface area (Å²) in [5, 5.41) is 12.8. The highest BCUT2D eigenvalue weighted by Crippen LogP contribution is 2.15. The number of hydrogen-bond acceptors (Lipinski definition) is 2. The Morgan fingerprint density at radius 1 is 1.50 bits per heavy atom. The highest BCUT2D eigenvalue weighted by atomic mass is 16.3. The number of allylic oxidation sites excluding steroid dienone is 1. The molecule has 0 fully saturated rings. The zero-order valence-electron chi connectivity index (χ0n) is 11.1. The van der Waals surface area contributed by atoms with Crippen molar-refractivity contribution in [3.8, 4) is 0 Å². The lowest BCUT2D eigenvalue weighted by Gasteiger charge is -2.25. The number of nitrogens with one attached hydrogen (secondary N) is 1. The number of rotatable bonds is 6. The van der Waals surface area contributed by atoms with Gasteiger partial charge in [-0.2, -0.15) is 0 Å². The van der Waals surface area contributed by atoms with Crippen LogP contribution in [-0.2, 0) is 4.79 Å². The molecule has 16 heavy (non-hydrogen) atoms.